The summed E-state index contributed by atoms with van der Waals surface area (Å²) in [6.07, 6.45) is 0.241. The van der Waals surface area contributed by atoms with Crippen LogP contribution in [0.4, 0.5) is 0 Å². The molecular formula is C9H12O2. The number of phenolic OH excluding ortho intramolecular Hbond substituents is 1. The number of aliphatic hydroxyl groups is 1. The first-order chi connectivity index (χ1) is 5.18. The zero-order chi connectivity index (χ0) is 8.27. The third kappa shape index (κ3) is 2.60. The van der Waals surface area contributed by atoms with Crippen LogP contribution >= 0.6 is 0 Å². The number of hydrogen-bond acceptors (Lipinski definition) is 2. The van der Waals surface area contributed by atoms with Gasteiger partial charge < -0.3 is 10.2 Å². The van der Waals surface area contributed by atoms with Crippen molar-refractivity contribution in [1.82, 2.24) is 0 Å². The lowest BCUT2D eigenvalue weighted by Crippen LogP contribution is -2.03. The lowest BCUT2D eigenvalue weighted by molar-refractivity contribution is 0.195. The van der Waals surface area contributed by atoms with Crippen LogP contribution in [0, 0.1) is 0 Å². The van der Waals surface area contributed by atoms with Gasteiger partial charge in [0.05, 0.1) is 6.10 Å². The van der Waals surface area contributed by atoms with Gasteiger partial charge in [-0.3, -0.25) is 0 Å². The summed E-state index contributed by atoms with van der Waals surface area (Å²) in [5.41, 5.74) is 0.958. The van der Waals surface area contributed by atoms with Gasteiger partial charge in [0.15, 0.2) is 0 Å². The Balaban J connectivity index is 2.71. The van der Waals surface area contributed by atoms with Crippen molar-refractivity contribution in [3.8, 4) is 5.75 Å². The molecular weight excluding hydrogens is 140 g/mol. The summed E-state index contributed by atoms with van der Waals surface area (Å²) in [4.78, 5) is 0. The predicted molar refractivity (Wildman–Crippen MR) is 43.5 cm³/mol. The van der Waals surface area contributed by atoms with Gasteiger partial charge in [-0.05, 0) is 31.0 Å². The molecule has 0 aliphatic carbocycles. The SMILES string of the molecule is C[C@H](O)Cc1cccc(O)c1. The Labute approximate surface area is 66.1 Å². The molecule has 1 aromatic rings. The first-order valence-electron chi connectivity index (χ1n) is 3.64. The Hall–Kier alpha value is -1.02. The Morgan fingerprint density at radius 1 is 1.45 bits per heavy atom. The monoisotopic (exact) mass is 152 g/mol. The summed E-state index contributed by atoms with van der Waals surface area (Å²) in [5.74, 6) is 0.253. The molecule has 0 aromatic heterocycles. The van der Waals surface area contributed by atoms with E-state index in [0.29, 0.717) is 6.42 Å². The summed E-state index contributed by atoms with van der Waals surface area (Å²) in [7, 11) is 0. The molecule has 0 heterocycles. The van der Waals surface area contributed by atoms with Gasteiger partial charge in [0, 0.05) is 0 Å². The van der Waals surface area contributed by atoms with E-state index in [1.165, 1.54) is 0 Å². The van der Waals surface area contributed by atoms with Gasteiger partial charge in [-0.2, -0.15) is 0 Å². The van der Waals surface area contributed by atoms with E-state index in [2.05, 4.69) is 0 Å². The van der Waals surface area contributed by atoms with Crippen LogP contribution < -0.4 is 0 Å². The van der Waals surface area contributed by atoms with Crippen LogP contribution in [0.1, 0.15) is 12.5 Å². The van der Waals surface area contributed by atoms with Gasteiger partial charge >= 0.3 is 0 Å². The van der Waals surface area contributed by atoms with Gasteiger partial charge in [-0.15, -0.1) is 0 Å². The van der Waals surface area contributed by atoms with E-state index in [9.17, 15) is 0 Å². The summed E-state index contributed by atoms with van der Waals surface area (Å²) in [5, 5.41) is 18.1. The highest BCUT2D eigenvalue weighted by Gasteiger charge is 1.98. The smallest absolute Gasteiger partial charge is 0.115 e. The molecule has 0 aliphatic rings. The third-order valence-electron chi connectivity index (χ3n) is 1.44. The van der Waals surface area contributed by atoms with E-state index in [4.69, 9.17) is 10.2 Å². The molecule has 2 heteroatoms. The summed E-state index contributed by atoms with van der Waals surface area (Å²) in [6, 6.07) is 6.93. The van der Waals surface area contributed by atoms with E-state index in [1.54, 1.807) is 25.1 Å². The van der Waals surface area contributed by atoms with Gasteiger partial charge in [0.25, 0.3) is 0 Å². The molecule has 0 aliphatic heterocycles. The van der Waals surface area contributed by atoms with E-state index >= 15 is 0 Å². The second kappa shape index (κ2) is 3.39. The van der Waals surface area contributed by atoms with Crippen molar-refractivity contribution in [3.05, 3.63) is 29.8 Å². The van der Waals surface area contributed by atoms with Gasteiger partial charge in [0.1, 0.15) is 5.75 Å². The van der Waals surface area contributed by atoms with Gasteiger partial charge in [0.2, 0.25) is 0 Å². The molecule has 0 amide bonds. The van der Waals surface area contributed by atoms with Crippen molar-refractivity contribution < 1.29 is 10.2 Å². The number of hydrogen-bond donors (Lipinski definition) is 2. The third-order valence-corrected chi connectivity index (χ3v) is 1.44. The fraction of sp³-hybridized carbons (Fsp3) is 0.333. The lowest BCUT2D eigenvalue weighted by Gasteiger charge is -2.03. The molecule has 0 radical (unpaired) electrons. The Morgan fingerprint density at radius 2 is 2.18 bits per heavy atom. The summed E-state index contributed by atoms with van der Waals surface area (Å²) in [6.45, 7) is 1.73. The van der Waals surface area contributed by atoms with Crippen LogP contribution in [0.5, 0.6) is 5.75 Å². The Kier molecular flexibility index (Phi) is 2.49. The molecule has 2 nitrogen and oxygen atoms in total. The normalized spacial score (nSPS) is 12.9. The van der Waals surface area contributed by atoms with Crippen LogP contribution in [0.25, 0.3) is 0 Å². The average Bonchev–Trinajstić information content (AvgIpc) is 1.85. The second-order valence-electron chi connectivity index (χ2n) is 2.72. The molecule has 11 heavy (non-hydrogen) atoms. The zero-order valence-electron chi connectivity index (χ0n) is 6.49. The summed E-state index contributed by atoms with van der Waals surface area (Å²) >= 11 is 0. The van der Waals surface area contributed by atoms with Crippen LogP contribution in [0.2, 0.25) is 0 Å². The quantitative estimate of drug-likeness (QED) is 0.671. The zero-order valence-corrected chi connectivity index (χ0v) is 6.49. The Morgan fingerprint density at radius 3 is 2.73 bits per heavy atom. The topological polar surface area (TPSA) is 40.5 Å². The fourth-order valence-corrected chi connectivity index (χ4v) is 1.02. The van der Waals surface area contributed by atoms with Crippen LogP contribution in [-0.2, 0) is 6.42 Å². The van der Waals surface area contributed by atoms with E-state index < -0.39 is 0 Å². The van der Waals surface area contributed by atoms with Crippen molar-refractivity contribution in [2.75, 3.05) is 0 Å². The highest BCUT2D eigenvalue weighted by atomic mass is 16.3. The van der Waals surface area contributed by atoms with E-state index in [-0.39, 0.29) is 11.9 Å². The van der Waals surface area contributed by atoms with Crippen molar-refractivity contribution in [1.29, 1.82) is 0 Å². The van der Waals surface area contributed by atoms with Crippen LogP contribution in [0.3, 0.4) is 0 Å². The van der Waals surface area contributed by atoms with Crippen LogP contribution in [0.15, 0.2) is 24.3 Å². The number of aromatic hydroxyl groups is 1. The number of phenols is 1. The number of aliphatic hydroxyl groups excluding tert-OH is 1. The van der Waals surface area contributed by atoms with Gasteiger partial charge in [-0.1, -0.05) is 12.1 Å². The minimum atomic E-state index is -0.350. The standard InChI is InChI=1S/C9H12O2/c1-7(10)5-8-3-2-4-9(11)6-8/h2-4,6-7,10-11H,5H2,1H3/t7-/m0/s1. The summed E-state index contributed by atoms with van der Waals surface area (Å²) < 4.78 is 0. The second-order valence-corrected chi connectivity index (χ2v) is 2.72. The van der Waals surface area contributed by atoms with Crippen LogP contribution in [-0.4, -0.2) is 16.3 Å². The molecule has 0 spiro atoms. The molecule has 0 fully saturated rings. The van der Waals surface area contributed by atoms with Crippen molar-refractivity contribution in [2.24, 2.45) is 0 Å². The van der Waals surface area contributed by atoms with Crippen molar-refractivity contribution in [2.45, 2.75) is 19.4 Å². The van der Waals surface area contributed by atoms with Gasteiger partial charge in [-0.25, -0.2) is 0 Å². The maximum absolute atomic E-state index is 9.04. The fourth-order valence-electron chi connectivity index (χ4n) is 1.02. The minimum absolute atomic E-state index is 0.253. The molecule has 1 atom stereocenters. The maximum atomic E-state index is 9.04. The molecule has 2 N–H and O–H groups in total. The molecule has 0 saturated carbocycles. The molecule has 60 valence electrons. The molecule has 0 unspecified atom stereocenters. The highest BCUT2D eigenvalue weighted by Crippen LogP contribution is 2.12. The Bertz CT molecular complexity index is 231. The molecule has 0 saturated heterocycles. The van der Waals surface area contributed by atoms with Crippen molar-refractivity contribution in [3.63, 3.8) is 0 Å². The predicted octanol–water partition coefficient (Wildman–Crippen LogP) is 1.32. The number of rotatable bonds is 2. The highest BCUT2D eigenvalue weighted by molar-refractivity contribution is 5.27. The largest absolute Gasteiger partial charge is 0.508 e. The lowest BCUT2D eigenvalue weighted by atomic mass is 10.1. The molecule has 1 rings (SSSR count). The minimum Gasteiger partial charge on any atom is -0.508 e. The van der Waals surface area contributed by atoms with E-state index in [0.717, 1.165) is 5.56 Å². The average molecular weight is 152 g/mol. The number of benzene rings is 1. The molecule has 1 aromatic carbocycles. The first kappa shape index (κ1) is 8.08. The molecule has 0 bridgehead atoms. The van der Waals surface area contributed by atoms with Crippen molar-refractivity contribution >= 4 is 0 Å². The maximum Gasteiger partial charge on any atom is 0.115 e. The first-order valence-corrected chi connectivity index (χ1v) is 3.64. The van der Waals surface area contributed by atoms with E-state index in [1.807, 2.05) is 6.07 Å².